The van der Waals surface area contributed by atoms with Crippen molar-refractivity contribution in [2.45, 2.75) is 32.7 Å². The number of benzene rings is 1. The number of amides is 2. The number of carboxylic acids is 1. The van der Waals surface area contributed by atoms with Crippen LogP contribution in [-0.4, -0.2) is 41.1 Å². The van der Waals surface area contributed by atoms with Crippen molar-refractivity contribution in [3.63, 3.8) is 0 Å². The number of carboxylic acid groups (broad SMARTS) is 1. The van der Waals surface area contributed by atoms with Gasteiger partial charge in [0, 0.05) is 23.6 Å². The summed E-state index contributed by atoms with van der Waals surface area (Å²) in [5, 5.41) is 12.2. The Morgan fingerprint density at radius 3 is 2.83 bits per heavy atom. The van der Waals surface area contributed by atoms with Gasteiger partial charge < -0.3 is 15.3 Å². The van der Waals surface area contributed by atoms with Crippen molar-refractivity contribution < 1.29 is 14.7 Å². The summed E-state index contributed by atoms with van der Waals surface area (Å²) in [6.45, 7) is 4.84. The van der Waals surface area contributed by atoms with Crippen LogP contribution in [0.2, 0.25) is 0 Å². The van der Waals surface area contributed by atoms with Crippen LogP contribution in [0.1, 0.15) is 25.8 Å². The van der Waals surface area contributed by atoms with Gasteiger partial charge in [-0.1, -0.05) is 35.0 Å². The molecule has 0 radical (unpaired) electrons. The third-order valence-electron chi connectivity index (χ3n) is 4.10. The largest absolute Gasteiger partial charge is 0.481 e. The van der Waals surface area contributed by atoms with Crippen LogP contribution < -0.4 is 5.32 Å². The predicted octanol–water partition coefficient (Wildman–Crippen LogP) is 3.13. The van der Waals surface area contributed by atoms with Crippen LogP contribution in [0.25, 0.3) is 0 Å². The molecule has 0 spiro atoms. The standard InChI is InChI=1S/C17H23BrN2O3/c1-11-6-14(16(21)22)10-20(9-11)17(23)19-12(2)7-13-4-3-5-15(18)8-13/h3-5,8,11-12,14H,6-7,9-10H2,1-2H3,(H,19,23)(H,21,22). The number of halogens is 1. The van der Waals surface area contributed by atoms with E-state index < -0.39 is 11.9 Å². The number of aliphatic carboxylic acids is 1. The maximum absolute atomic E-state index is 12.4. The van der Waals surface area contributed by atoms with Crippen molar-refractivity contribution in [1.82, 2.24) is 10.2 Å². The molecule has 2 N–H and O–H groups in total. The van der Waals surface area contributed by atoms with Gasteiger partial charge in [0.25, 0.3) is 0 Å². The summed E-state index contributed by atoms with van der Waals surface area (Å²) in [6, 6.07) is 7.80. The van der Waals surface area contributed by atoms with Gasteiger partial charge in [-0.3, -0.25) is 4.79 Å². The van der Waals surface area contributed by atoms with E-state index in [0.29, 0.717) is 13.0 Å². The van der Waals surface area contributed by atoms with Gasteiger partial charge in [-0.2, -0.15) is 0 Å². The van der Waals surface area contributed by atoms with Crippen LogP contribution in [0.3, 0.4) is 0 Å². The van der Waals surface area contributed by atoms with E-state index in [-0.39, 0.29) is 24.5 Å². The van der Waals surface area contributed by atoms with Gasteiger partial charge >= 0.3 is 12.0 Å². The lowest BCUT2D eigenvalue weighted by atomic mass is 9.91. The summed E-state index contributed by atoms with van der Waals surface area (Å²) in [4.78, 5) is 25.2. The summed E-state index contributed by atoms with van der Waals surface area (Å²) in [5.41, 5.74) is 1.14. The van der Waals surface area contributed by atoms with Crippen molar-refractivity contribution in [3.05, 3.63) is 34.3 Å². The summed E-state index contributed by atoms with van der Waals surface area (Å²) in [5.74, 6) is -1.09. The third kappa shape index (κ3) is 5.23. The fraction of sp³-hybridized carbons (Fsp3) is 0.529. The monoisotopic (exact) mass is 382 g/mol. The summed E-state index contributed by atoms with van der Waals surface area (Å²) in [6.07, 6.45) is 1.36. The number of rotatable bonds is 4. The first-order chi connectivity index (χ1) is 10.8. The number of nitrogens with one attached hydrogen (secondary N) is 1. The van der Waals surface area contributed by atoms with Gasteiger partial charge in [0.2, 0.25) is 0 Å². The van der Waals surface area contributed by atoms with Crippen molar-refractivity contribution in [1.29, 1.82) is 0 Å². The molecule has 6 heteroatoms. The van der Waals surface area contributed by atoms with Crippen LogP contribution in [0.15, 0.2) is 28.7 Å². The number of carbonyl (C=O) groups excluding carboxylic acids is 1. The minimum absolute atomic E-state index is 0.0164. The average molecular weight is 383 g/mol. The molecule has 1 fully saturated rings. The van der Waals surface area contributed by atoms with E-state index >= 15 is 0 Å². The number of urea groups is 1. The zero-order valence-electron chi connectivity index (χ0n) is 13.5. The molecule has 1 aromatic carbocycles. The maximum Gasteiger partial charge on any atom is 0.317 e. The van der Waals surface area contributed by atoms with Crippen LogP contribution >= 0.6 is 15.9 Å². The molecule has 1 saturated heterocycles. The molecule has 3 unspecified atom stereocenters. The molecule has 3 atom stereocenters. The first-order valence-corrected chi connectivity index (χ1v) is 8.67. The molecule has 1 heterocycles. The van der Waals surface area contributed by atoms with Gasteiger partial charge in [0.15, 0.2) is 0 Å². The normalized spacial score (nSPS) is 22.5. The molecule has 2 rings (SSSR count). The van der Waals surface area contributed by atoms with Gasteiger partial charge in [-0.05, 0) is 43.4 Å². The fourth-order valence-electron chi connectivity index (χ4n) is 3.07. The minimum atomic E-state index is -0.823. The Balaban J connectivity index is 1.91. The topological polar surface area (TPSA) is 69.6 Å². The highest BCUT2D eigenvalue weighted by Crippen LogP contribution is 2.22. The highest BCUT2D eigenvalue weighted by atomic mass is 79.9. The Labute approximate surface area is 145 Å². The zero-order valence-corrected chi connectivity index (χ0v) is 15.0. The first-order valence-electron chi connectivity index (χ1n) is 7.88. The van der Waals surface area contributed by atoms with Crippen molar-refractivity contribution in [2.24, 2.45) is 11.8 Å². The summed E-state index contributed by atoms with van der Waals surface area (Å²) < 4.78 is 1.02. The second-order valence-corrected chi connectivity index (χ2v) is 7.38. The molecule has 126 valence electrons. The molecular formula is C17H23BrN2O3. The zero-order chi connectivity index (χ0) is 17.0. The Morgan fingerprint density at radius 2 is 2.17 bits per heavy atom. The van der Waals surface area contributed by atoms with Gasteiger partial charge in [-0.15, -0.1) is 0 Å². The number of hydrogen-bond acceptors (Lipinski definition) is 2. The Bertz CT molecular complexity index is 579. The fourth-order valence-corrected chi connectivity index (χ4v) is 3.51. The molecular weight excluding hydrogens is 360 g/mol. The molecule has 2 amide bonds. The second kappa shape index (κ2) is 7.81. The van der Waals surface area contributed by atoms with Crippen molar-refractivity contribution >= 4 is 27.9 Å². The van der Waals surface area contributed by atoms with Crippen LogP contribution in [0.5, 0.6) is 0 Å². The number of likely N-dealkylation sites (tertiary alicyclic amines) is 1. The van der Waals surface area contributed by atoms with Crippen LogP contribution in [0.4, 0.5) is 4.79 Å². The highest BCUT2D eigenvalue weighted by molar-refractivity contribution is 9.10. The smallest absolute Gasteiger partial charge is 0.317 e. The van der Waals surface area contributed by atoms with E-state index in [1.54, 1.807) is 4.90 Å². The summed E-state index contributed by atoms with van der Waals surface area (Å²) in [7, 11) is 0. The minimum Gasteiger partial charge on any atom is -0.481 e. The van der Waals surface area contributed by atoms with E-state index in [1.165, 1.54) is 0 Å². The van der Waals surface area contributed by atoms with Gasteiger partial charge in [0.1, 0.15) is 0 Å². The Kier molecular flexibility index (Phi) is 6.04. The van der Waals surface area contributed by atoms with Crippen molar-refractivity contribution in [3.8, 4) is 0 Å². The highest BCUT2D eigenvalue weighted by Gasteiger charge is 2.32. The van der Waals surface area contributed by atoms with Crippen molar-refractivity contribution in [2.75, 3.05) is 13.1 Å². The maximum atomic E-state index is 12.4. The van der Waals surface area contributed by atoms with E-state index in [0.717, 1.165) is 16.5 Å². The number of nitrogens with zero attached hydrogens (tertiary/aromatic N) is 1. The average Bonchev–Trinajstić information content (AvgIpc) is 2.46. The lowest BCUT2D eigenvalue weighted by molar-refractivity contribution is -0.143. The molecule has 1 aliphatic heterocycles. The van der Waals surface area contributed by atoms with Gasteiger partial charge in [0.05, 0.1) is 5.92 Å². The van der Waals surface area contributed by atoms with E-state index in [9.17, 15) is 14.7 Å². The SMILES string of the molecule is CC1CC(C(=O)O)CN(C(=O)NC(C)Cc2cccc(Br)c2)C1. The van der Waals surface area contributed by atoms with Crippen LogP contribution in [0, 0.1) is 11.8 Å². The quantitative estimate of drug-likeness (QED) is 0.840. The third-order valence-corrected chi connectivity index (χ3v) is 4.59. The first kappa shape index (κ1) is 17.8. The molecule has 0 aromatic heterocycles. The molecule has 5 nitrogen and oxygen atoms in total. The molecule has 0 aliphatic carbocycles. The lowest BCUT2D eigenvalue weighted by Crippen LogP contribution is -2.51. The molecule has 1 aromatic rings. The second-order valence-electron chi connectivity index (χ2n) is 6.47. The van der Waals surface area contributed by atoms with Gasteiger partial charge in [-0.25, -0.2) is 4.79 Å². The van der Waals surface area contributed by atoms with Crippen LogP contribution in [-0.2, 0) is 11.2 Å². The Hall–Kier alpha value is -1.56. The number of hydrogen-bond donors (Lipinski definition) is 2. The van der Waals surface area contributed by atoms with E-state index in [4.69, 9.17) is 0 Å². The number of piperidine rings is 1. The Morgan fingerprint density at radius 1 is 1.43 bits per heavy atom. The molecule has 23 heavy (non-hydrogen) atoms. The number of carbonyl (C=O) groups is 2. The van der Waals surface area contributed by atoms with E-state index in [2.05, 4.69) is 21.2 Å². The summed E-state index contributed by atoms with van der Waals surface area (Å²) >= 11 is 3.44. The lowest BCUT2D eigenvalue weighted by Gasteiger charge is -2.35. The molecule has 1 aliphatic rings. The van der Waals surface area contributed by atoms with E-state index in [1.807, 2.05) is 38.1 Å². The predicted molar refractivity (Wildman–Crippen MR) is 92.3 cm³/mol. The molecule has 0 bridgehead atoms. The molecule has 0 saturated carbocycles.